The summed E-state index contributed by atoms with van der Waals surface area (Å²) in [4.78, 5) is 10.2. The summed E-state index contributed by atoms with van der Waals surface area (Å²) in [6.45, 7) is 1.27. The molecule has 0 fully saturated rings. The van der Waals surface area contributed by atoms with E-state index in [1.54, 1.807) is 24.7 Å². The quantitative estimate of drug-likeness (QED) is 0.827. The number of hydrogen-bond donors (Lipinski definition) is 0. The van der Waals surface area contributed by atoms with E-state index < -0.39 is 0 Å². The van der Waals surface area contributed by atoms with E-state index in [0.29, 0.717) is 25.2 Å². The summed E-state index contributed by atoms with van der Waals surface area (Å²) in [5.41, 5.74) is 2.34. The summed E-state index contributed by atoms with van der Waals surface area (Å²) in [5.74, 6) is 0. The Balaban J connectivity index is 2.18. The van der Waals surface area contributed by atoms with Gasteiger partial charge in [0.05, 0.1) is 24.4 Å². The molecule has 5 nitrogen and oxygen atoms in total. The molecular formula is C15H13N5. The van der Waals surface area contributed by atoms with E-state index in [1.807, 2.05) is 29.2 Å². The van der Waals surface area contributed by atoms with Gasteiger partial charge in [0.25, 0.3) is 0 Å². The third kappa shape index (κ3) is 3.54. The van der Waals surface area contributed by atoms with E-state index in [9.17, 15) is 0 Å². The van der Waals surface area contributed by atoms with Crippen molar-refractivity contribution in [3.05, 3.63) is 54.1 Å². The fourth-order valence-electron chi connectivity index (χ4n) is 1.84. The molecule has 0 atom stereocenters. The van der Waals surface area contributed by atoms with Crippen LogP contribution in [0.15, 0.2) is 42.9 Å². The topological polar surface area (TPSA) is 76.6 Å². The molecule has 0 aliphatic heterocycles. The first-order valence-electron chi connectivity index (χ1n) is 6.20. The molecule has 0 saturated heterocycles. The van der Waals surface area contributed by atoms with Gasteiger partial charge in [0.1, 0.15) is 11.8 Å². The molecule has 0 radical (unpaired) electrons. The molecular weight excluding hydrogens is 250 g/mol. The van der Waals surface area contributed by atoms with Crippen molar-refractivity contribution in [2.24, 2.45) is 0 Å². The van der Waals surface area contributed by atoms with E-state index in [0.717, 1.165) is 11.3 Å². The van der Waals surface area contributed by atoms with Crippen LogP contribution in [0, 0.1) is 22.7 Å². The van der Waals surface area contributed by atoms with E-state index in [2.05, 4.69) is 16.0 Å². The second-order valence-electron chi connectivity index (χ2n) is 4.20. The Bertz CT molecular complexity index is 622. The second kappa shape index (κ2) is 6.86. The summed E-state index contributed by atoms with van der Waals surface area (Å²) in [5, 5.41) is 17.5. The maximum absolute atomic E-state index is 8.77. The Labute approximate surface area is 117 Å². The first-order valence-corrected chi connectivity index (χ1v) is 6.20. The normalized spacial score (nSPS) is 9.50. The molecule has 2 rings (SSSR count). The SMILES string of the molecule is N#CCCN(Cc1cccnc1)c1ccc(C#N)nc1. The zero-order valence-corrected chi connectivity index (χ0v) is 10.9. The number of anilines is 1. The van der Waals surface area contributed by atoms with Crippen molar-refractivity contribution in [1.29, 1.82) is 10.5 Å². The van der Waals surface area contributed by atoms with Crippen molar-refractivity contribution < 1.29 is 0 Å². The van der Waals surface area contributed by atoms with Gasteiger partial charge in [-0.2, -0.15) is 10.5 Å². The molecule has 5 heteroatoms. The molecule has 2 aromatic heterocycles. The van der Waals surface area contributed by atoms with Crippen LogP contribution in [0.25, 0.3) is 0 Å². The summed E-state index contributed by atoms with van der Waals surface area (Å²) < 4.78 is 0. The highest BCUT2D eigenvalue weighted by atomic mass is 15.1. The largest absolute Gasteiger partial charge is 0.365 e. The summed E-state index contributed by atoms with van der Waals surface area (Å²) in [7, 11) is 0. The molecule has 98 valence electrons. The lowest BCUT2D eigenvalue weighted by Crippen LogP contribution is -2.23. The molecule has 0 saturated carbocycles. The summed E-state index contributed by atoms with van der Waals surface area (Å²) in [6, 6.07) is 11.5. The van der Waals surface area contributed by atoms with Crippen LogP contribution in [0.1, 0.15) is 17.7 Å². The van der Waals surface area contributed by atoms with E-state index in [1.165, 1.54) is 0 Å². The highest BCUT2D eigenvalue weighted by molar-refractivity contribution is 5.46. The maximum atomic E-state index is 8.77. The maximum Gasteiger partial charge on any atom is 0.140 e. The first-order chi connectivity index (χ1) is 9.83. The van der Waals surface area contributed by atoms with Crippen LogP contribution >= 0.6 is 0 Å². The molecule has 2 aromatic rings. The minimum Gasteiger partial charge on any atom is -0.365 e. The van der Waals surface area contributed by atoms with Gasteiger partial charge in [-0.3, -0.25) is 4.98 Å². The van der Waals surface area contributed by atoms with E-state index in [-0.39, 0.29) is 0 Å². The van der Waals surface area contributed by atoms with Crippen LogP contribution in [0.4, 0.5) is 5.69 Å². The Morgan fingerprint density at radius 2 is 2.05 bits per heavy atom. The van der Waals surface area contributed by atoms with Crippen molar-refractivity contribution >= 4 is 5.69 Å². The minimum atomic E-state index is 0.385. The number of rotatable bonds is 5. The molecule has 0 unspecified atom stereocenters. The predicted molar refractivity (Wildman–Crippen MR) is 74.5 cm³/mol. The van der Waals surface area contributed by atoms with Crippen LogP contribution in [0.5, 0.6) is 0 Å². The van der Waals surface area contributed by atoms with Gasteiger partial charge in [0, 0.05) is 25.5 Å². The lowest BCUT2D eigenvalue weighted by Gasteiger charge is -2.23. The highest BCUT2D eigenvalue weighted by Crippen LogP contribution is 2.16. The number of nitrogens with zero attached hydrogens (tertiary/aromatic N) is 5. The molecule has 0 aliphatic carbocycles. The lowest BCUT2D eigenvalue weighted by atomic mass is 10.2. The van der Waals surface area contributed by atoms with Crippen LogP contribution in [-0.4, -0.2) is 16.5 Å². The van der Waals surface area contributed by atoms with Gasteiger partial charge < -0.3 is 4.90 Å². The standard InChI is InChI=1S/C15H13N5/c16-6-2-8-20(12-13-3-1-7-18-10-13)15-5-4-14(9-17)19-11-15/h1,3-5,7,10-11H,2,8,12H2. The van der Waals surface area contributed by atoms with E-state index >= 15 is 0 Å². The third-order valence-corrected chi connectivity index (χ3v) is 2.82. The van der Waals surface area contributed by atoms with Crippen LogP contribution < -0.4 is 4.90 Å². The fraction of sp³-hybridized carbons (Fsp3) is 0.200. The monoisotopic (exact) mass is 263 g/mol. The van der Waals surface area contributed by atoms with Crippen molar-refractivity contribution in [2.45, 2.75) is 13.0 Å². The zero-order chi connectivity index (χ0) is 14.2. The molecule has 2 heterocycles. The number of aromatic nitrogens is 2. The van der Waals surface area contributed by atoms with Crippen molar-refractivity contribution in [2.75, 3.05) is 11.4 Å². The molecule has 0 aromatic carbocycles. The van der Waals surface area contributed by atoms with Gasteiger partial charge in [-0.1, -0.05) is 6.07 Å². The van der Waals surface area contributed by atoms with Crippen LogP contribution in [-0.2, 0) is 6.54 Å². The van der Waals surface area contributed by atoms with Gasteiger partial charge in [-0.15, -0.1) is 0 Å². The Hall–Kier alpha value is -2.92. The molecule has 0 aliphatic rings. The Morgan fingerprint density at radius 1 is 1.15 bits per heavy atom. The Morgan fingerprint density at radius 3 is 2.65 bits per heavy atom. The van der Waals surface area contributed by atoms with Crippen molar-refractivity contribution in [3.63, 3.8) is 0 Å². The van der Waals surface area contributed by atoms with E-state index in [4.69, 9.17) is 10.5 Å². The van der Waals surface area contributed by atoms with Crippen LogP contribution in [0.3, 0.4) is 0 Å². The van der Waals surface area contributed by atoms with Crippen molar-refractivity contribution in [3.8, 4) is 12.1 Å². The first kappa shape index (κ1) is 13.5. The van der Waals surface area contributed by atoms with Gasteiger partial charge in [0.15, 0.2) is 0 Å². The third-order valence-electron chi connectivity index (χ3n) is 2.82. The number of pyridine rings is 2. The molecule has 0 spiro atoms. The highest BCUT2D eigenvalue weighted by Gasteiger charge is 2.08. The second-order valence-corrected chi connectivity index (χ2v) is 4.20. The van der Waals surface area contributed by atoms with Crippen LogP contribution in [0.2, 0.25) is 0 Å². The van der Waals surface area contributed by atoms with Gasteiger partial charge >= 0.3 is 0 Å². The van der Waals surface area contributed by atoms with Crippen molar-refractivity contribution in [1.82, 2.24) is 9.97 Å². The van der Waals surface area contributed by atoms with Gasteiger partial charge in [-0.05, 0) is 23.8 Å². The summed E-state index contributed by atoms with van der Waals surface area (Å²) in [6.07, 6.45) is 5.62. The average molecular weight is 263 g/mol. The smallest absolute Gasteiger partial charge is 0.140 e. The molecule has 0 N–H and O–H groups in total. The number of hydrogen-bond acceptors (Lipinski definition) is 5. The van der Waals surface area contributed by atoms with Gasteiger partial charge in [-0.25, -0.2) is 4.98 Å². The summed E-state index contributed by atoms with van der Waals surface area (Å²) >= 11 is 0. The molecule has 0 bridgehead atoms. The average Bonchev–Trinajstić information content (AvgIpc) is 2.52. The predicted octanol–water partition coefficient (Wildman–Crippen LogP) is 2.27. The Kier molecular flexibility index (Phi) is 4.64. The minimum absolute atomic E-state index is 0.385. The zero-order valence-electron chi connectivity index (χ0n) is 10.9. The lowest BCUT2D eigenvalue weighted by molar-refractivity contribution is 0.792. The number of nitriles is 2. The molecule has 20 heavy (non-hydrogen) atoms. The fourth-order valence-corrected chi connectivity index (χ4v) is 1.84. The molecule has 0 amide bonds. The van der Waals surface area contributed by atoms with Gasteiger partial charge in [0.2, 0.25) is 0 Å².